The molecule has 4 rings (SSSR count). The van der Waals surface area contributed by atoms with Crippen LogP contribution in [0, 0.1) is 5.82 Å². The Morgan fingerprint density at radius 1 is 0.927 bits per heavy atom. The summed E-state index contributed by atoms with van der Waals surface area (Å²) in [5.41, 5.74) is 1.19. The fourth-order valence-electron chi connectivity index (χ4n) is 4.52. The molecule has 0 saturated heterocycles. The number of esters is 1. The second kappa shape index (κ2) is 12.9. The van der Waals surface area contributed by atoms with Crippen LogP contribution in [0.15, 0.2) is 91.1 Å². The first-order chi connectivity index (χ1) is 19.5. The molecule has 0 radical (unpaired) electrons. The fraction of sp³-hybridized carbons (Fsp3) is 0.250. The number of nitrogens with zero attached hydrogens (tertiary/aromatic N) is 2. The van der Waals surface area contributed by atoms with E-state index in [1.54, 1.807) is 42.5 Å². The summed E-state index contributed by atoms with van der Waals surface area (Å²) < 4.78 is 25.2. The number of rotatable bonds is 12. The van der Waals surface area contributed by atoms with Gasteiger partial charge in [-0.2, -0.15) is 4.98 Å². The van der Waals surface area contributed by atoms with Gasteiger partial charge in [0.25, 0.3) is 0 Å². The maximum absolute atomic E-state index is 13.9. The Morgan fingerprint density at radius 2 is 1.61 bits per heavy atom. The Hall–Kier alpha value is -4.37. The number of aliphatic carboxylic acids is 1. The van der Waals surface area contributed by atoms with Crippen molar-refractivity contribution in [2.75, 3.05) is 6.61 Å². The molecule has 1 unspecified atom stereocenters. The van der Waals surface area contributed by atoms with E-state index in [-0.39, 0.29) is 12.4 Å². The van der Waals surface area contributed by atoms with E-state index in [9.17, 15) is 19.1 Å². The number of hydrogen-bond donors (Lipinski definition) is 1. The summed E-state index contributed by atoms with van der Waals surface area (Å²) in [7, 11) is -1.31. The Bertz CT molecular complexity index is 1470. The second-order valence-electron chi connectivity index (χ2n) is 11.1. The molecule has 4 aromatic rings. The van der Waals surface area contributed by atoms with Crippen molar-refractivity contribution in [3.63, 3.8) is 0 Å². The predicted octanol–water partition coefficient (Wildman–Crippen LogP) is 6.91. The van der Waals surface area contributed by atoms with Gasteiger partial charge >= 0.3 is 17.9 Å². The van der Waals surface area contributed by atoms with E-state index in [4.69, 9.17) is 9.47 Å². The van der Waals surface area contributed by atoms with E-state index in [0.717, 1.165) is 11.6 Å². The van der Waals surface area contributed by atoms with E-state index >= 15 is 0 Å². The van der Waals surface area contributed by atoms with Crippen LogP contribution in [0.1, 0.15) is 33.6 Å². The number of carbonyl (C=O) groups is 2. The minimum atomic E-state index is -1.31. The van der Waals surface area contributed by atoms with Gasteiger partial charge in [0.15, 0.2) is 0 Å². The quantitative estimate of drug-likeness (QED) is 0.146. The third-order valence-electron chi connectivity index (χ3n) is 6.71. The van der Waals surface area contributed by atoms with Gasteiger partial charge in [0, 0.05) is 14.3 Å². The molecule has 0 aliphatic carbocycles. The van der Waals surface area contributed by atoms with E-state index in [1.807, 2.05) is 30.3 Å². The summed E-state index contributed by atoms with van der Waals surface area (Å²) >= 11 is 0. The highest BCUT2D eigenvalue weighted by molar-refractivity contribution is 6.76. The highest BCUT2D eigenvalue weighted by Gasteiger charge is 2.39. The van der Waals surface area contributed by atoms with Crippen molar-refractivity contribution in [3.05, 3.63) is 119 Å². The van der Waals surface area contributed by atoms with Gasteiger partial charge < -0.3 is 14.6 Å². The van der Waals surface area contributed by atoms with E-state index in [2.05, 4.69) is 29.6 Å². The Labute approximate surface area is 240 Å². The minimum Gasteiger partial charge on any atom is -0.481 e. The lowest BCUT2D eigenvalue weighted by atomic mass is 9.70. The normalized spacial score (nSPS) is 12.8. The number of ether oxygens (including phenoxy) is 2. The monoisotopic (exact) mass is 572 g/mol. The van der Waals surface area contributed by atoms with Crippen LogP contribution in [0.5, 0.6) is 11.8 Å². The van der Waals surface area contributed by atoms with Gasteiger partial charge in [-0.1, -0.05) is 62.1 Å². The molecule has 0 bridgehead atoms. The number of benzene rings is 3. The van der Waals surface area contributed by atoms with Crippen LogP contribution in [0.2, 0.25) is 25.7 Å². The first kappa shape index (κ1) is 29.6. The molecular weight excluding hydrogens is 539 g/mol. The van der Waals surface area contributed by atoms with Crippen LogP contribution in [0.25, 0.3) is 0 Å². The third kappa shape index (κ3) is 8.08. The molecule has 41 heavy (non-hydrogen) atoms. The maximum atomic E-state index is 13.9. The van der Waals surface area contributed by atoms with Crippen molar-refractivity contribution in [2.24, 2.45) is 0 Å². The van der Waals surface area contributed by atoms with Crippen LogP contribution in [0.3, 0.4) is 0 Å². The molecular formula is C32H33FN2O5Si. The van der Waals surface area contributed by atoms with Crippen molar-refractivity contribution >= 4 is 20.0 Å². The Kier molecular flexibility index (Phi) is 9.29. The molecule has 0 aliphatic rings. The second-order valence-corrected chi connectivity index (χ2v) is 16.7. The minimum absolute atomic E-state index is 0.0119. The molecule has 1 aromatic heterocycles. The molecule has 1 atom stereocenters. The SMILES string of the molecule is C[Si](C)(C)CCOC(=O)c1ccc(Oc2nccc(C(CC(=O)O)(Cc3ccccc3)c3ccc(F)cc3)n2)cc1. The van der Waals surface area contributed by atoms with Crippen molar-refractivity contribution in [1.29, 1.82) is 0 Å². The van der Waals surface area contributed by atoms with Crippen LogP contribution < -0.4 is 4.74 Å². The van der Waals surface area contributed by atoms with Crippen LogP contribution in [0.4, 0.5) is 4.39 Å². The molecule has 0 fully saturated rings. The molecule has 7 nitrogen and oxygen atoms in total. The molecule has 0 spiro atoms. The van der Waals surface area contributed by atoms with Gasteiger partial charge in [-0.05, 0) is 66.1 Å². The van der Waals surface area contributed by atoms with E-state index in [0.29, 0.717) is 35.6 Å². The summed E-state index contributed by atoms with van der Waals surface area (Å²) in [6.07, 6.45) is 1.52. The number of hydrogen-bond acceptors (Lipinski definition) is 6. The number of carboxylic acid groups (broad SMARTS) is 1. The number of carbonyl (C=O) groups excluding carboxylic acids is 1. The van der Waals surface area contributed by atoms with Gasteiger partial charge in [-0.25, -0.2) is 14.2 Å². The van der Waals surface area contributed by atoms with Crippen molar-refractivity contribution < 1.29 is 28.6 Å². The van der Waals surface area contributed by atoms with E-state index < -0.39 is 31.2 Å². The van der Waals surface area contributed by atoms with Crippen LogP contribution >= 0.6 is 0 Å². The molecule has 0 aliphatic heterocycles. The average molecular weight is 573 g/mol. The first-order valence-corrected chi connectivity index (χ1v) is 17.1. The lowest BCUT2D eigenvalue weighted by Gasteiger charge is -2.33. The standard InChI is InChI=1S/C32H33FN2O5Si/c1-41(2,3)20-19-39-30(38)24-9-15-27(16-10-24)40-31-34-18-17-28(35-31)32(22-29(36)37,21-23-7-5-4-6-8-23)25-11-13-26(33)14-12-25/h4-18H,19-22H2,1-3H3,(H,36,37). The van der Waals surface area contributed by atoms with Crippen LogP contribution in [-0.4, -0.2) is 41.7 Å². The zero-order chi connectivity index (χ0) is 29.5. The number of carboxylic acids is 1. The zero-order valence-electron chi connectivity index (χ0n) is 23.3. The van der Waals surface area contributed by atoms with Gasteiger partial charge in [-0.15, -0.1) is 0 Å². The number of halogens is 1. The summed E-state index contributed by atoms with van der Waals surface area (Å²) in [6, 6.07) is 24.3. The smallest absolute Gasteiger partial charge is 0.338 e. The summed E-state index contributed by atoms with van der Waals surface area (Å²) in [5.74, 6) is -1.45. The predicted molar refractivity (Wildman–Crippen MR) is 157 cm³/mol. The maximum Gasteiger partial charge on any atom is 0.338 e. The van der Waals surface area contributed by atoms with Gasteiger partial charge in [0.2, 0.25) is 0 Å². The highest BCUT2D eigenvalue weighted by atomic mass is 28.3. The molecule has 9 heteroatoms. The van der Waals surface area contributed by atoms with E-state index in [1.165, 1.54) is 18.3 Å². The van der Waals surface area contributed by atoms with Crippen molar-refractivity contribution in [1.82, 2.24) is 9.97 Å². The molecule has 212 valence electrons. The molecule has 3 aromatic carbocycles. The fourth-order valence-corrected chi connectivity index (χ4v) is 5.24. The molecule has 1 N–H and O–H groups in total. The van der Waals surface area contributed by atoms with Crippen LogP contribution in [-0.2, 0) is 21.4 Å². The largest absolute Gasteiger partial charge is 0.481 e. The molecule has 0 amide bonds. The summed E-state index contributed by atoms with van der Waals surface area (Å²) in [5, 5.41) is 9.99. The summed E-state index contributed by atoms with van der Waals surface area (Å²) in [4.78, 5) is 33.5. The Morgan fingerprint density at radius 3 is 2.24 bits per heavy atom. The van der Waals surface area contributed by atoms with Gasteiger partial charge in [0.05, 0.1) is 29.7 Å². The molecule has 1 heterocycles. The first-order valence-electron chi connectivity index (χ1n) is 13.3. The molecule has 0 saturated carbocycles. The third-order valence-corrected chi connectivity index (χ3v) is 8.41. The lowest BCUT2D eigenvalue weighted by molar-refractivity contribution is -0.138. The highest BCUT2D eigenvalue weighted by Crippen LogP contribution is 2.39. The van der Waals surface area contributed by atoms with Gasteiger partial charge in [0.1, 0.15) is 11.6 Å². The van der Waals surface area contributed by atoms with Crippen molar-refractivity contribution in [2.45, 2.75) is 43.9 Å². The van der Waals surface area contributed by atoms with Gasteiger partial charge in [-0.3, -0.25) is 4.79 Å². The average Bonchev–Trinajstić information content (AvgIpc) is 2.93. The van der Waals surface area contributed by atoms with Crippen molar-refractivity contribution in [3.8, 4) is 11.8 Å². The lowest BCUT2D eigenvalue weighted by Crippen LogP contribution is -2.34. The Balaban J connectivity index is 1.62. The summed E-state index contributed by atoms with van der Waals surface area (Å²) in [6.45, 7) is 7.05. The topological polar surface area (TPSA) is 98.6 Å². The zero-order valence-corrected chi connectivity index (χ0v) is 24.3. The number of aromatic nitrogens is 2.